The molecule has 0 atom stereocenters. The van der Waals surface area contributed by atoms with Gasteiger partial charge in [0.15, 0.2) is 5.82 Å². The van der Waals surface area contributed by atoms with E-state index in [0.29, 0.717) is 6.54 Å². The lowest BCUT2D eigenvalue weighted by Gasteiger charge is -1.97. The summed E-state index contributed by atoms with van der Waals surface area (Å²) in [4.78, 5) is 0.803. The van der Waals surface area contributed by atoms with Gasteiger partial charge in [0.2, 0.25) is 4.96 Å². The van der Waals surface area contributed by atoms with E-state index in [1.807, 2.05) is 35.9 Å². The Kier molecular flexibility index (Phi) is 2.12. The van der Waals surface area contributed by atoms with E-state index >= 15 is 0 Å². The van der Waals surface area contributed by atoms with E-state index in [1.165, 1.54) is 11.3 Å². The summed E-state index contributed by atoms with van der Waals surface area (Å²) >= 11 is 1.51. The molecule has 0 aliphatic rings. The molecule has 0 N–H and O–H groups in total. The molecule has 0 spiro atoms. The first kappa shape index (κ1) is 10.6. The fraction of sp³-hybridized carbons (Fsp3) is 0.182. The third-order valence-corrected chi connectivity index (χ3v) is 3.78. The summed E-state index contributed by atoms with van der Waals surface area (Å²) in [5.41, 5.74) is 1.90. The summed E-state index contributed by atoms with van der Waals surface area (Å²) < 4.78 is 3.59. The monoisotopic (exact) mass is 271 g/mol. The van der Waals surface area contributed by atoms with Crippen LogP contribution in [0.25, 0.3) is 16.0 Å². The van der Waals surface area contributed by atoms with E-state index in [9.17, 15) is 0 Å². The van der Waals surface area contributed by atoms with Gasteiger partial charge in [0.25, 0.3) is 0 Å². The first-order chi connectivity index (χ1) is 9.31. The van der Waals surface area contributed by atoms with Gasteiger partial charge in [-0.25, -0.2) is 4.68 Å². The highest BCUT2D eigenvalue weighted by Gasteiger charge is 2.11. The predicted molar refractivity (Wildman–Crippen MR) is 70.0 cm³/mol. The number of para-hydroxylation sites is 1. The van der Waals surface area contributed by atoms with Crippen molar-refractivity contribution in [1.82, 2.24) is 34.8 Å². The molecular weight excluding hydrogens is 262 g/mol. The number of aromatic nitrogens is 7. The summed E-state index contributed by atoms with van der Waals surface area (Å²) in [7, 11) is 0. The molecule has 0 radical (unpaired) electrons. The predicted octanol–water partition coefficient (Wildman–Crippen LogP) is 1.29. The Bertz CT molecular complexity index is 871. The van der Waals surface area contributed by atoms with E-state index in [4.69, 9.17) is 0 Å². The molecule has 3 aromatic heterocycles. The van der Waals surface area contributed by atoms with Crippen LogP contribution in [0.4, 0.5) is 0 Å². The smallest absolute Gasteiger partial charge is 0.234 e. The van der Waals surface area contributed by atoms with Gasteiger partial charge in [-0.15, -0.1) is 15.3 Å². The van der Waals surface area contributed by atoms with E-state index in [0.717, 1.165) is 26.8 Å². The van der Waals surface area contributed by atoms with Crippen molar-refractivity contribution in [2.45, 2.75) is 13.5 Å². The molecule has 4 aromatic rings. The number of rotatable bonds is 2. The molecule has 0 amide bonds. The molecule has 0 aliphatic heterocycles. The fourth-order valence-electron chi connectivity index (χ4n) is 1.98. The molecule has 19 heavy (non-hydrogen) atoms. The second-order valence-electron chi connectivity index (χ2n) is 4.17. The van der Waals surface area contributed by atoms with E-state index in [1.54, 1.807) is 4.52 Å². The molecule has 8 heteroatoms. The lowest BCUT2D eigenvalue weighted by Crippen LogP contribution is -2.02. The van der Waals surface area contributed by atoms with Crippen molar-refractivity contribution in [1.29, 1.82) is 0 Å². The van der Waals surface area contributed by atoms with Crippen LogP contribution in [-0.4, -0.2) is 34.8 Å². The van der Waals surface area contributed by atoms with Crippen molar-refractivity contribution >= 4 is 27.3 Å². The van der Waals surface area contributed by atoms with Gasteiger partial charge in [0.1, 0.15) is 10.5 Å². The van der Waals surface area contributed by atoms with Crippen molar-refractivity contribution in [3.05, 3.63) is 35.1 Å². The Morgan fingerprint density at radius 1 is 1.16 bits per heavy atom. The standard InChI is InChI=1S/C11H9N7S/c1-7-12-14-11-18(7)15-10(19-11)6-17-9-5-3-2-4-8(9)13-16-17/h2-5H,6H2,1H3. The number of benzene rings is 1. The van der Waals surface area contributed by atoms with E-state index in [-0.39, 0.29) is 0 Å². The lowest BCUT2D eigenvalue weighted by atomic mass is 10.3. The molecule has 3 heterocycles. The second-order valence-corrected chi connectivity index (χ2v) is 5.21. The fourth-order valence-corrected chi connectivity index (χ4v) is 2.84. The average Bonchev–Trinajstić information content (AvgIpc) is 3.09. The molecule has 0 saturated heterocycles. The van der Waals surface area contributed by atoms with E-state index < -0.39 is 0 Å². The molecule has 1 aromatic carbocycles. The number of nitrogens with zero attached hydrogens (tertiary/aromatic N) is 7. The first-order valence-corrected chi connectivity index (χ1v) is 6.59. The summed E-state index contributed by atoms with van der Waals surface area (Å²) in [6.07, 6.45) is 0. The largest absolute Gasteiger partial charge is 0.238 e. The van der Waals surface area contributed by atoms with Crippen LogP contribution < -0.4 is 0 Å². The summed E-state index contributed by atoms with van der Waals surface area (Å²) in [6.45, 7) is 2.47. The van der Waals surface area contributed by atoms with Crippen molar-refractivity contribution in [2.75, 3.05) is 0 Å². The molecule has 94 valence electrons. The van der Waals surface area contributed by atoms with Crippen LogP contribution in [0.1, 0.15) is 10.8 Å². The zero-order chi connectivity index (χ0) is 12.8. The highest BCUT2D eigenvalue weighted by Crippen LogP contribution is 2.17. The Morgan fingerprint density at radius 3 is 2.95 bits per heavy atom. The third-order valence-electron chi connectivity index (χ3n) is 2.89. The Morgan fingerprint density at radius 2 is 2.05 bits per heavy atom. The van der Waals surface area contributed by atoms with Crippen LogP contribution in [0.2, 0.25) is 0 Å². The molecular formula is C11H9N7S. The van der Waals surface area contributed by atoms with E-state index in [2.05, 4.69) is 25.6 Å². The Hall–Kier alpha value is -2.35. The highest BCUT2D eigenvalue weighted by atomic mass is 32.1. The SMILES string of the molecule is Cc1nnc2sc(Cn3nnc4ccccc43)nn12. The van der Waals surface area contributed by atoms with Crippen molar-refractivity contribution in [3.8, 4) is 0 Å². The molecule has 0 saturated carbocycles. The van der Waals surface area contributed by atoms with Crippen LogP contribution >= 0.6 is 11.3 Å². The zero-order valence-electron chi connectivity index (χ0n) is 10.1. The molecule has 7 nitrogen and oxygen atoms in total. The van der Waals surface area contributed by atoms with Crippen LogP contribution in [0.5, 0.6) is 0 Å². The minimum absolute atomic E-state index is 0.591. The van der Waals surface area contributed by atoms with Gasteiger partial charge in [-0.3, -0.25) is 0 Å². The minimum atomic E-state index is 0.591. The van der Waals surface area contributed by atoms with Gasteiger partial charge in [-0.05, 0) is 19.1 Å². The topological polar surface area (TPSA) is 73.8 Å². The normalized spacial score (nSPS) is 11.6. The Labute approximate surface area is 111 Å². The van der Waals surface area contributed by atoms with Gasteiger partial charge < -0.3 is 0 Å². The number of fused-ring (bicyclic) bond motifs is 2. The molecule has 0 fully saturated rings. The van der Waals surface area contributed by atoms with Crippen LogP contribution in [0.3, 0.4) is 0 Å². The van der Waals surface area contributed by atoms with Crippen LogP contribution in [0, 0.1) is 6.92 Å². The molecule has 0 unspecified atom stereocenters. The number of aryl methyl sites for hydroxylation is 1. The maximum absolute atomic E-state index is 4.48. The quantitative estimate of drug-likeness (QED) is 0.549. The molecule has 4 rings (SSSR count). The van der Waals surface area contributed by atoms with Gasteiger partial charge in [-0.1, -0.05) is 28.7 Å². The lowest BCUT2D eigenvalue weighted by molar-refractivity contribution is 0.657. The molecule has 0 aliphatic carbocycles. The van der Waals surface area contributed by atoms with Gasteiger partial charge in [-0.2, -0.15) is 9.61 Å². The number of hydrogen-bond acceptors (Lipinski definition) is 6. The van der Waals surface area contributed by atoms with Crippen LogP contribution in [-0.2, 0) is 6.54 Å². The summed E-state index contributed by atoms with van der Waals surface area (Å²) in [5.74, 6) is 0.793. The summed E-state index contributed by atoms with van der Waals surface area (Å²) in [6, 6.07) is 7.88. The van der Waals surface area contributed by atoms with Gasteiger partial charge >= 0.3 is 0 Å². The Balaban J connectivity index is 1.77. The zero-order valence-corrected chi connectivity index (χ0v) is 10.9. The maximum atomic E-state index is 4.48. The second kappa shape index (κ2) is 3.82. The maximum Gasteiger partial charge on any atom is 0.234 e. The highest BCUT2D eigenvalue weighted by molar-refractivity contribution is 7.16. The van der Waals surface area contributed by atoms with Gasteiger partial charge in [0.05, 0.1) is 12.1 Å². The van der Waals surface area contributed by atoms with Crippen molar-refractivity contribution in [2.24, 2.45) is 0 Å². The average molecular weight is 271 g/mol. The number of hydrogen-bond donors (Lipinski definition) is 0. The molecule has 0 bridgehead atoms. The minimum Gasteiger partial charge on any atom is -0.238 e. The van der Waals surface area contributed by atoms with Crippen molar-refractivity contribution in [3.63, 3.8) is 0 Å². The van der Waals surface area contributed by atoms with Gasteiger partial charge in [0, 0.05) is 0 Å². The van der Waals surface area contributed by atoms with Crippen LogP contribution in [0.15, 0.2) is 24.3 Å². The third kappa shape index (κ3) is 1.60. The van der Waals surface area contributed by atoms with Crippen molar-refractivity contribution < 1.29 is 0 Å². The summed E-state index contributed by atoms with van der Waals surface area (Å²) in [5, 5.41) is 21.7. The first-order valence-electron chi connectivity index (χ1n) is 5.77.